The van der Waals surface area contributed by atoms with Crippen molar-refractivity contribution >= 4 is 17.9 Å². The number of rotatable bonds is 6. The van der Waals surface area contributed by atoms with E-state index in [9.17, 15) is 19.5 Å². The van der Waals surface area contributed by atoms with Gasteiger partial charge in [-0.15, -0.1) is 0 Å². The zero-order chi connectivity index (χ0) is 15.9. The Kier molecular flexibility index (Phi) is 6.45. The van der Waals surface area contributed by atoms with Gasteiger partial charge in [0, 0.05) is 13.1 Å². The van der Waals surface area contributed by atoms with Crippen molar-refractivity contribution in [3.05, 3.63) is 0 Å². The second-order valence-corrected chi connectivity index (χ2v) is 5.34. The minimum absolute atomic E-state index is 0.102. The third-order valence-corrected chi connectivity index (χ3v) is 4.08. The molecule has 0 unspecified atom stereocenters. The highest BCUT2D eigenvalue weighted by Gasteiger charge is 2.36. The fourth-order valence-electron chi connectivity index (χ4n) is 2.46. The lowest BCUT2D eigenvalue weighted by Crippen LogP contribution is -2.57. The number of likely N-dealkylation sites (tertiary alicyclic amines) is 1. The van der Waals surface area contributed by atoms with Crippen molar-refractivity contribution in [1.29, 1.82) is 0 Å². The number of carboxylic acid groups (broad SMARTS) is 1. The predicted octanol–water partition coefficient (Wildman–Crippen LogP) is 0.941. The van der Waals surface area contributed by atoms with E-state index in [1.54, 1.807) is 18.7 Å². The number of nitrogens with one attached hydrogen (secondary N) is 2. The first-order chi connectivity index (χ1) is 9.95. The molecule has 120 valence electrons. The zero-order valence-electron chi connectivity index (χ0n) is 12.8. The topological polar surface area (TPSA) is 98.7 Å². The summed E-state index contributed by atoms with van der Waals surface area (Å²) < 4.78 is 0. The third-order valence-electron chi connectivity index (χ3n) is 4.08. The molecule has 3 amide bonds. The first-order valence-electron chi connectivity index (χ1n) is 7.52. The number of amides is 3. The minimum atomic E-state index is -1.28. The summed E-state index contributed by atoms with van der Waals surface area (Å²) in [6.45, 7) is 4.76. The van der Waals surface area contributed by atoms with E-state index in [2.05, 4.69) is 10.6 Å². The fraction of sp³-hybridized carbons (Fsp3) is 0.786. The van der Waals surface area contributed by atoms with Crippen LogP contribution in [0, 0.1) is 0 Å². The van der Waals surface area contributed by atoms with Crippen LogP contribution in [-0.2, 0) is 9.59 Å². The Bertz CT molecular complexity index is 388. The van der Waals surface area contributed by atoms with Crippen molar-refractivity contribution in [2.24, 2.45) is 0 Å². The second-order valence-electron chi connectivity index (χ2n) is 5.34. The van der Waals surface area contributed by atoms with Crippen molar-refractivity contribution in [3.63, 3.8) is 0 Å². The molecule has 3 N–H and O–H groups in total. The van der Waals surface area contributed by atoms with Gasteiger partial charge in [-0.25, -0.2) is 9.59 Å². The quantitative estimate of drug-likeness (QED) is 0.679. The van der Waals surface area contributed by atoms with E-state index in [0.717, 1.165) is 32.4 Å². The van der Waals surface area contributed by atoms with E-state index in [1.807, 2.05) is 0 Å². The summed E-state index contributed by atoms with van der Waals surface area (Å²) in [6.07, 6.45) is 3.68. The molecule has 0 aliphatic carbocycles. The van der Waals surface area contributed by atoms with Gasteiger partial charge in [0.2, 0.25) is 5.91 Å². The van der Waals surface area contributed by atoms with Gasteiger partial charge >= 0.3 is 12.0 Å². The van der Waals surface area contributed by atoms with E-state index < -0.39 is 17.5 Å². The maximum absolute atomic E-state index is 11.9. The molecule has 1 aliphatic rings. The summed E-state index contributed by atoms with van der Waals surface area (Å²) in [5.41, 5.74) is -1.28. The van der Waals surface area contributed by atoms with Crippen LogP contribution in [0.4, 0.5) is 4.79 Å². The fourth-order valence-corrected chi connectivity index (χ4v) is 2.46. The van der Waals surface area contributed by atoms with Gasteiger partial charge in [0.25, 0.3) is 0 Å². The average Bonchev–Trinajstić information content (AvgIpc) is 2.50. The van der Waals surface area contributed by atoms with E-state index in [-0.39, 0.29) is 25.3 Å². The molecular weight excluding hydrogens is 274 g/mol. The van der Waals surface area contributed by atoms with Crippen LogP contribution in [-0.4, -0.2) is 53.1 Å². The number of nitrogens with zero attached hydrogens (tertiary/aromatic N) is 1. The molecular formula is C14H25N3O4. The summed E-state index contributed by atoms with van der Waals surface area (Å²) in [4.78, 5) is 36.7. The van der Waals surface area contributed by atoms with Gasteiger partial charge in [0.1, 0.15) is 5.54 Å². The SMILES string of the molecule is CCC(CC)(NC(=O)NCC(=O)N1CCCCC1)C(=O)O. The molecule has 1 aliphatic heterocycles. The number of carbonyl (C=O) groups is 3. The summed E-state index contributed by atoms with van der Waals surface area (Å²) in [6, 6.07) is -0.619. The van der Waals surface area contributed by atoms with Gasteiger partial charge < -0.3 is 20.6 Å². The average molecular weight is 299 g/mol. The van der Waals surface area contributed by atoms with Crippen molar-refractivity contribution in [2.75, 3.05) is 19.6 Å². The van der Waals surface area contributed by atoms with Crippen LogP contribution in [0.5, 0.6) is 0 Å². The predicted molar refractivity (Wildman–Crippen MR) is 77.9 cm³/mol. The first kappa shape index (κ1) is 17.3. The second kappa shape index (κ2) is 7.85. The summed E-state index contributed by atoms with van der Waals surface area (Å²) in [5, 5.41) is 14.2. The zero-order valence-corrected chi connectivity index (χ0v) is 12.8. The molecule has 0 atom stereocenters. The molecule has 0 spiro atoms. The van der Waals surface area contributed by atoms with Gasteiger partial charge in [-0.2, -0.15) is 0 Å². The molecule has 21 heavy (non-hydrogen) atoms. The molecule has 7 nitrogen and oxygen atoms in total. The molecule has 0 aromatic rings. The number of piperidine rings is 1. The lowest BCUT2D eigenvalue weighted by Gasteiger charge is -2.29. The van der Waals surface area contributed by atoms with Crippen molar-refractivity contribution in [2.45, 2.75) is 51.5 Å². The highest BCUT2D eigenvalue weighted by molar-refractivity contribution is 5.88. The molecule has 0 radical (unpaired) electrons. The van der Waals surface area contributed by atoms with Gasteiger partial charge in [0.05, 0.1) is 6.54 Å². The van der Waals surface area contributed by atoms with E-state index in [1.165, 1.54) is 0 Å². The monoisotopic (exact) mass is 299 g/mol. The summed E-state index contributed by atoms with van der Waals surface area (Å²) in [7, 11) is 0. The standard InChI is InChI=1S/C14H25N3O4/c1-3-14(4-2,12(19)20)16-13(21)15-10-11(18)17-8-6-5-7-9-17/h3-10H2,1-2H3,(H,19,20)(H2,15,16,21). The molecule has 0 saturated carbocycles. The number of urea groups is 1. The van der Waals surface area contributed by atoms with Crippen LogP contribution < -0.4 is 10.6 Å². The largest absolute Gasteiger partial charge is 0.480 e. The number of aliphatic carboxylic acids is 1. The number of hydrogen-bond donors (Lipinski definition) is 3. The van der Waals surface area contributed by atoms with Crippen LogP contribution in [0.3, 0.4) is 0 Å². The molecule has 7 heteroatoms. The van der Waals surface area contributed by atoms with Crippen molar-refractivity contribution < 1.29 is 19.5 Å². The Morgan fingerprint density at radius 3 is 2.14 bits per heavy atom. The van der Waals surface area contributed by atoms with Crippen LogP contribution in [0.1, 0.15) is 46.0 Å². The van der Waals surface area contributed by atoms with Gasteiger partial charge in [0.15, 0.2) is 0 Å². The third kappa shape index (κ3) is 4.61. The van der Waals surface area contributed by atoms with E-state index in [0.29, 0.717) is 0 Å². The van der Waals surface area contributed by atoms with Gasteiger partial charge in [-0.1, -0.05) is 13.8 Å². The highest BCUT2D eigenvalue weighted by Crippen LogP contribution is 2.15. The van der Waals surface area contributed by atoms with Crippen molar-refractivity contribution in [1.82, 2.24) is 15.5 Å². The molecule has 1 saturated heterocycles. The Morgan fingerprint density at radius 1 is 1.10 bits per heavy atom. The number of hydrogen-bond acceptors (Lipinski definition) is 3. The Balaban J connectivity index is 2.45. The number of carboxylic acids is 1. The smallest absolute Gasteiger partial charge is 0.329 e. The maximum Gasteiger partial charge on any atom is 0.329 e. The molecule has 1 heterocycles. The molecule has 0 aromatic carbocycles. The van der Waals surface area contributed by atoms with Crippen molar-refractivity contribution in [3.8, 4) is 0 Å². The van der Waals surface area contributed by atoms with Crippen LogP contribution in [0.25, 0.3) is 0 Å². The lowest BCUT2D eigenvalue weighted by molar-refractivity contribution is -0.144. The Morgan fingerprint density at radius 2 is 1.67 bits per heavy atom. The van der Waals surface area contributed by atoms with Gasteiger partial charge in [-0.3, -0.25) is 4.79 Å². The maximum atomic E-state index is 11.9. The molecule has 0 aromatic heterocycles. The van der Waals surface area contributed by atoms with Gasteiger partial charge in [-0.05, 0) is 32.1 Å². The van der Waals surface area contributed by atoms with Crippen LogP contribution >= 0.6 is 0 Å². The minimum Gasteiger partial charge on any atom is -0.480 e. The Labute approximate surface area is 125 Å². The summed E-state index contributed by atoms with van der Waals surface area (Å²) >= 11 is 0. The molecule has 0 bridgehead atoms. The van der Waals surface area contributed by atoms with Crippen LogP contribution in [0.15, 0.2) is 0 Å². The van der Waals surface area contributed by atoms with E-state index in [4.69, 9.17) is 0 Å². The first-order valence-corrected chi connectivity index (χ1v) is 7.52. The lowest BCUT2D eigenvalue weighted by atomic mass is 9.93. The number of carbonyl (C=O) groups excluding carboxylic acids is 2. The van der Waals surface area contributed by atoms with E-state index >= 15 is 0 Å². The highest BCUT2D eigenvalue weighted by atomic mass is 16.4. The van der Waals surface area contributed by atoms with Crippen LogP contribution in [0.2, 0.25) is 0 Å². The summed E-state index contributed by atoms with van der Waals surface area (Å²) in [5.74, 6) is -1.19. The molecule has 1 fully saturated rings. The molecule has 1 rings (SSSR count). The Hall–Kier alpha value is -1.79. The normalized spacial score (nSPS) is 15.4.